The molecule has 2 aromatic rings. The molecule has 4 rings (SSSR count). The molecule has 132 valence electrons. The largest absolute Gasteiger partial charge is 0.392 e. The summed E-state index contributed by atoms with van der Waals surface area (Å²) in [6.45, 7) is 4.27. The van der Waals surface area contributed by atoms with E-state index in [9.17, 15) is 9.90 Å². The Morgan fingerprint density at radius 2 is 1.76 bits per heavy atom. The summed E-state index contributed by atoms with van der Waals surface area (Å²) in [5.74, 6) is -0.000530. The summed E-state index contributed by atoms with van der Waals surface area (Å²) >= 11 is 0. The highest BCUT2D eigenvalue weighted by atomic mass is 16.3. The number of piperazine rings is 1. The Labute approximate surface area is 149 Å². The third-order valence-electron chi connectivity index (χ3n) is 5.75. The number of hydrogen-bond acceptors (Lipinski definition) is 3. The van der Waals surface area contributed by atoms with Crippen LogP contribution in [0.2, 0.25) is 0 Å². The number of fused-ring (bicyclic) bond motifs is 1. The van der Waals surface area contributed by atoms with Gasteiger partial charge in [-0.25, -0.2) is 0 Å². The van der Waals surface area contributed by atoms with Crippen molar-refractivity contribution in [1.29, 1.82) is 0 Å². The lowest BCUT2D eigenvalue weighted by molar-refractivity contribution is -0.140. The van der Waals surface area contributed by atoms with Crippen LogP contribution in [0.25, 0.3) is 10.8 Å². The first-order chi connectivity index (χ1) is 12.2. The molecule has 4 nitrogen and oxygen atoms in total. The Morgan fingerprint density at radius 3 is 2.52 bits per heavy atom. The lowest BCUT2D eigenvalue weighted by atomic mass is 10.0. The number of aliphatic hydroxyl groups excluding tert-OH is 1. The molecule has 1 aliphatic heterocycles. The van der Waals surface area contributed by atoms with Gasteiger partial charge in [0.2, 0.25) is 5.91 Å². The molecule has 4 heteroatoms. The van der Waals surface area contributed by atoms with Gasteiger partial charge in [0, 0.05) is 32.7 Å². The molecular weight excluding hydrogens is 312 g/mol. The summed E-state index contributed by atoms with van der Waals surface area (Å²) in [5.41, 5.74) is 1.35. The zero-order valence-electron chi connectivity index (χ0n) is 14.6. The van der Waals surface area contributed by atoms with E-state index in [0.29, 0.717) is 0 Å². The number of aliphatic hydroxyl groups is 1. The molecule has 1 amide bonds. The second kappa shape index (κ2) is 7.14. The average molecular weight is 338 g/mol. The molecule has 1 saturated carbocycles. The predicted octanol–water partition coefficient (Wildman–Crippen LogP) is 2.65. The SMILES string of the molecule is O=C(C1CCCC1O)N1CCN(Cc2cccc3ccccc23)CC1. The lowest BCUT2D eigenvalue weighted by Gasteiger charge is -2.36. The molecule has 25 heavy (non-hydrogen) atoms. The minimum Gasteiger partial charge on any atom is -0.392 e. The van der Waals surface area contributed by atoms with Gasteiger partial charge in [-0.3, -0.25) is 9.69 Å². The van der Waals surface area contributed by atoms with Crippen molar-refractivity contribution in [3.8, 4) is 0 Å². The molecule has 0 bridgehead atoms. The third kappa shape index (κ3) is 3.42. The van der Waals surface area contributed by atoms with E-state index >= 15 is 0 Å². The van der Waals surface area contributed by atoms with Gasteiger partial charge in [0.1, 0.15) is 0 Å². The number of nitrogens with zero attached hydrogens (tertiary/aromatic N) is 2. The van der Waals surface area contributed by atoms with Crippen LogP contribution in [0.15, 0.2) is 42.5 Å². The van der Waals surface area contributed by atoms with Crippen molar-refractivity contribution < 1.29 is 9.90 Å². The second-order valence-electron chi connectivity index (χ2n) is 7.34. The first kappa shape index (κ1) is 16.6. The molecule has 2 fully saturated rings. The van der Waals surface area contributed by atoms with Crippen LogP contribution in [0.4, 0.5) is 0 Å². The normalized spacial score (nSPS) is 24.8. The van der Waals surface area contributed by atoms with Crippen molar-refractivity contribution >= 4 is 16.7 Å². The van der Waals surface area contributed by atoms with Gasteiger partial charge in [-0.2, -0.15) is 0 Å². The fourth-order valence-corrected chi connectivity index (χ4v) is 4.26. The number of hydrogen-bond donors (Lipinski definition) is 1. The molecule has 2 aromatic carbocycles. The van der Waals surface area contributed by atoms with E-state index in [4.69, 9.17) is 0 Å². The Morgan fingerprint density at radius 1 is 1.00 bits per heavy atom. The minimum absolute atomic E-state index is 0.162. The van der Waals surface area contributed by atoms with Crippen LogP contribution in [-0.4, -0.2) is 53.1 Å². The smallest absolute Gasteiger partial charge is 0.228 e. The quantitative estimate of drug-likeness (QED) is 0.936. The standard InChI is InChI=1S/C21H26N2O2/c24-20-10-4-9-19(20)21(25)23-13-11-22(12-14-23)15-17-7-3-6-16-5-1-2-8-18(16)17/h1-3,5-8,19-20,24H,4,9-15H2. The molecule has 2 atom stereocenters. The molecule has 2 unspecified atom stereocenters. The topological polar surface area (TPSA) is 43.8 Å². The van der Waals surface area contributed by atoms with Gasteiger partial charge in [-0.05, 0) is 35.6 Å². The first-order valence-electron chi connectivity index (χ1n) is 9.38. The first-order valence-corrected chi connectivity index (χ1v) is 9.38. The monoisotopic (exact) mass is 338 g/mol. The third-order valence-corrected chi connectivity index (χ3v) is 5.75. The zero-order valence-corrected chi connectivity index (χ0v) is 14.6. The van der Waals surface area contributed by atoms with E-state index < -0.39 is 6.10 Å². The van der Waals surface area contributed by atoms with Crippen molar-refractivity contribution in [2.45, 2.75) is 31.9 Å². The Kier molecular flexibility index (Phi) is 4.73. The van der Waals surface area contributed by atoms with E-state index in [-0.39, 0.29) is 11.8 Å². The van der Waals surface area contributed by atoms with Crippen LogP contribution < -0.4 is 0 Å². The summed E-state index contributed by atoms with van der Waals surface area (Å²) in [6.07, 6.45) is 2.16. The van der Waals surface area contributed by atoms with Crippen LogP contribution in [-0.2, 0) is 11.3 Å². The van der Waals surface area contributed by atoms with Crippen LogP contribution >= 0.6 is 0 Å². The minimum atomic E-state index is -0.429. The van der Waals surface area contributed by atoms with Crippen molar-refractivity contribution in [1.82, 2.24) is 9.80 Å². The Hall–Kier alpha value is -1.91. The number of rotatable bonds is 3. The molecule has 0 radical (unpaired) electrons. The molecule has 0 aromatic heterocycles. The maximum atomic E-state index is 12.6. The van der Waals surface area contributed by atoms with Gasteiger partial charge >= 0.3 is 0 Å². The van der Waals surface area contributed by atoms with E-state index in [0.717, 1.165) is 52.0 Å². The zero-order chi connectivity index (χ0) is 17.2. The van der Waals surface area contributed by atoms with Gasteiger partial charge in [-0.1, -0.05) is 42.5 Å². The Bertz CT molecular complexity index is 747. The van der Waals surface area contributed by atoms with Crippen LogP contribution in [0.1, 0.15) is 24.8 Å². The highest BCUT2D eigenvalue weighted by Crippen LogP contribution is 2.28. The van der Waals surface area contributed by atoms with E-state index in [1.165, 1.54) is 16.3 Å². The number of benzene rings is 2. The summed E-state index contributed by atoms with van der Waals surface area (Å²) in [7, 11) is 0. The van der Waals surface area contributed by atoms with Gasteiger partial charge in [0.25, 0.3) is 0 Å². The average Bonchev–Trinajstić information content (AvgIpc) is 3.08. The molecule has 1 N–H and O–H groups in total. The lowest BCUT2D eigenvalue weighted by Crippen LogP contribution is -2.50. The van der Waals surface area contributed by atoms with E-state index in [1.807, 2.05) is 4.90 Å². The van der Waals surface area contributed by atoms with E-state index in [2.05, 4.69) is 47.4 Å². The summed E-state index contributed by atoms with van der Waals surface area (Å²) in [4.78, 5) is 17.0. The summed E-state index contributed by atoms with van der Waals surface area (Å²) in [5, 5.41) is 12.6. The second-order valence-corrected chi connectivity index (χ2v) is 7.34. The van der Waals surface area contributed by atoms with Crippen LogP contribution in [0, 0.1) is 5.92 Å². The predicted molar refractivity (Wildman–Crippen MR) is 99.2 cm³/mol. The fourth-order valence-electron chi connectivity index (χ4n) is 4.26. The van der Waals surface area contributed by atoms with E-state index in [1.54, 1.807) is 0 Å². The highest BCUT2D eigenvalue weighted by molar-refractivity contribution is 5.85. The maximum Gasteiger partial charge on any atom is 0.228 e. The molecule has 1 aliphatic carbocycles. The van der Waals surface area contributed by atoms with Crippen molar-refractivity contribution in [2.24, 2.45) is 5.92 Å². The maximum absolute atomic E-state index is 12.6. The van der Waals surface area contributed by atoms with Gasteiger partial charge in [0.05, 0.1) is 12.0 Å². The summed E-state index contributed by atoms with van der Waals surface area (Å²) in [6, 6.07) is 15.0. The van der Waals surface area contributed by atoms with Crippen molar-refractivity contribution in [3.05, 3.63) is 48.0 Å². The number of carbonyl (C=O) groups is 1. The molecular formula is C21H26N2O2. The number of amides is 1. The summed E-state index contributed by atoms with van der Waals surface area (Å²) < 4.78 is 0. The fraction of sp³-hybridized carbons (Fsp3) is 0.476. The van der Waals surface area contributed by atoms with Crippen molar-refractivity contribution in [2.75, 3.05) is 26.2 Å². The van der Waals surface area contributed by atoms with Crippen LogP contribution in [0.3, 0.4) is 0 Å². The van der Waals surface area contributed by atoms with Gasteiger partial charge in [0.15, 0.2) is 0 Å². The van der Waals surface area contributed by atoms with Crippen LogP contribution in [0.5, 0.6) is 0 Å². The van der Waals surface area contributed by atoms with Crippen molar-refractivity contribution in [3.63, 3.8) is 0 Å². The highest BCUT2D eigenvalue weighted by Gasteiger charge is 2.35. The van der Waals surface area contributed by atoms with Gasteiger partial charge in [-0.15, -0.1) is 0 Å². The van der Waals surface area contributed by atoms with Gasteiger partial charge < -0.3 is 10.0 Å². The molecule has 1 heterocycles. The Balaban J connectivity index is 1.38. The molecule has 2 aliphatic rings. The molecule has 0 spiro atoms. The molecule has 1 saturated heterocycles. The number of carbonyl (C=O) groups excluding carboxylic acids is 1.